The van der Waals surface area contributed by atoms with Gasteiger partial charge < -0.3 is 5.32 Å². The molecule has 2 saturated carbocycles. The molecule has 1 N–H and O–H groups in total. The summed E-state index contributed by atoms with van der Waals surface area (Å²) in [5.41, 5.74) is 0. The standard InChI is InChI=1S/C13H26N2/c1-2-15(13-8-9-13)11-10-14-12-6-4-3-5-7-12/h12-14H,2-11H2,1H3. The van der Waals surface area contributed by atoms with Crippen LogP contribution in [-0.2, 0) is 0 Å². The lowest BCUT2D eigenvalue weighted by Gasteiger charge is -2.25. The van der Waals surface area contributed by atoms with Crippen LogP contribution in [0.15, 0.2) is 0 Å². The fourth-order valence-electron chi connectivity index (χ4n) is 2.76. The Balaban J connectivity index is 1.56. The third-order valence-corrected chi connectivity index (χ3v) is 3.91. The molecule has 0 aliphatic heterocycles. The second-order valence-electron chi connectivity index (χ2n) is 5.15. The smallest absolute Gasteiger partial charge is 0.0110 e. The van der Waals surface area contributed by atoms with Gasteiger partial charge in [-0.2, -0.15) is 0 Å². The number of hydrogen-bond acceptors (Lipinski definition) is 2. The van der Waals surface area contributed by atoms with Gasteiger partial charge in [-0.3, -0.25) is 4.90 Å². The zero-order valence-corrected chi connectivity index (χ0v) is 10.2. The number of rotatable bonds is 6. The Kier molecular flexibility index (Phi) is 4.45. The first-order chi connectivity index (χ1) is 7.40. The molecule has 0 unspecified atom stereocenters. The highest BCUT2D eigenvalue weighted by Crippen LogP contribution is 2.26. The molecule has 2 aliphatic carbocycles. The molecule has 0 atom stereocenters. The molecule has 0 amide bonds. The van der Waals surface area contributed by atoms with Crippen LogP contribution < -0.4 is 5.32 Å². The zero-order chi connectivity index (χ0) is 10.5. The van der Waals surface area contributed by atoms with Gasteiger partial charge in [-0.05, 0) is 32.2 Å². The van der Waals surface area contributed by atoms with Crippen LogP contribution in [0.3, 0.4) is 0 Å². The quantitative estimate of drug-likeness (QED) is 0.724. The third-order valence-electron chi connectivity index (χ3n) is 3.91. The van der Waals surface area contributed by atoms with Gasteiger partial charge in [-0.1, -0.05) is 26.2 Å². The van der Waals surface area contributed by atoms with Gasteiger partial charge >= 0.3 is 0 Å². The molecule has 2 heteroatoms. The van der Waals surface area contributed by atoms with Gasteiger partial charge in [0.15, 0.2) is 0 Å². The van der Waals surface area contributed by atoms with Crippen LogP contribution in [-0.4, -0.2) is 36.6 Å². The topological polar surface area (TPSA) is 15.3 Å². The zero-order valence-electron chi connectivity index (χ0n) is 10.2. The van der Waals surface area contributed by atoms with E-state index in [1.165, 1.54) is 64.6 Å². The van der Waals surface area contributed by atoms with Crippen molar-refractivity contribution in [3.63, 3.8) is 0 Å². The van der Waals surface area contributed by atoms with Crippen LogP contribution in [0, 0.1) is 0 Å². The molecule has 0 aromatic rings. The van der Waals surface area contributed by atoms with Crippen LogP contribution in [0.5, 0.6) is 0 Å². The molecule has 0 aromatic carbocycles. The van der Waals surface area contributed by atoms with Gasteiger partial charge in [0.05, 0.1) is 0 Å². The maximum atomic E-state index is 3.73. The van der Waals surface area contributed by atoms with E-state index < -0.39 is 0 Å². The second-order valence-corrected chi connectivity index (χ2v) is 5.15. The minimum atomic E-state index is 0.830. The minimum Gasteiger partial charge on any atom is -0.313 e. The summed E-state index contributed by atoms with van der Waals surface area (Å²) in [5, 5.41) is 3.73. The molecule has 0 saturated heterocycles. The van der Waals surface area contributed by atoms with Crippen molar-refractivity contribution in [3.8, 4) is 0 Å². The van der Waals surface area contributed by atoms with E-state index in [0.29, 0.717) is 0 Å². The highest BCUT2D eigenvalue weighted by Gasteiger charge is 2.27. The number of hydrogen-bond donors (Lipinski definition) is 1. The maximum absolute atomic E-state index is 3.73. The van der Waals surface area contributed by atoms with E-state index in [0.717, 1.165) is 12.1 Å². The summed E-state index contributed by atoms with van der Waals surface area (Å²) in [6, 6.07) is 1.76. The molecule has 0 spiro atoms. The molecule has 2 rings (SSSR count). The van der Waals surface area contributed by atoms with E-state index in [1.807, 2.05) is 0 Å². The Morgan fingerprint density at radius 2 is 1.80 bits per heavy atom. The lowest BCUT2D eigenvalue weighted by atomic mass is 9.95. The molecule has 88 valence electrons. The van der Waals surface area contributed by atoms with Gasteiger partial charge in [-0.15, -0.1) is 0 Å². The molecular weight excluding hydrogens is 184 g/mol. The molecule has 0 bridgehead atoms. The normalized spacial score (nSPS) is 23.6. The van der Waals surface area contributed by atoms with Crippen LogP contribution in [0.1, 0.15) is 51.9 Å². The van der Waals surface area contributed by atoms with Crippen molar-refractivity contribution < 1.29 is 0 Å². The van der Waals surface area contributed by atoms with Crippen LogP contribution in [0.4, 0.5) is 0 Å². The van der Waals surface area contributed by atoms with Crippen molar-refractivity contribution in [1.82, 2.24) is 10.2 Å². The first-order valence-corrected chi connectivity index (χ1v) is 6.87. The van der Waals surface area contributed by atoms with Gasteiger partial charge in [0, 0.05) is 25.2 Å². The Morgan fingerprint density at radius 3 is 2.40 bits per heavy atom. The fourth-order valence-corrected chi connectivity index (χ4v) is 2.76. The summed E-state index contributed by atoms with van der Waals surface area (Å²) in [5.74, 6) is 0. The van der Waals surface area contributed by atoms with E-state index in [9.17, 15) is 0 Å². The summed E-state index contributed by atoms with van der Waals surface area (Å²) < 4.78 is 0. The second kappa shape index (κ2) is 5.86. The Morgan fingerprint density at radius 1 is 1.07 bits per heavy atom. The van der Waals surface area contributed by atoms with E-state index in [-0.39, 0.29) is 0 Å². The predicted octanol–water partition coefficient (Wildman–Crippen LogP) is 2.39. The molecule has 15 heavy (non-hydrogen) atoms. The molecule has 2 fully saturated rings. The molecule has 2 nitrogen and oxygen atoms in total. The van der Waals surface area contributed by atoms with E-state index in [4.69, 9.17) is 0 Å². The minimum absolute atomic E-state index is 0.830. The fraction of sp³-hybridized carbons (Fsp3) is 1.00. The van der Waals surface area contributed by atoms with E-state index in [1.54, 1.807) is 0 Å². The summed E-state index contributed by atoms with van der Waals surface area (Å²) >= 11 is 0. The molecule has 2 aliphatic rings. The Bertz CT molecular complexity index is 171. The molecule has 0 heterocycles. The average molecular weight is 210 g/mol. The summed E-state index contributed by atoms with van der Waals surface area (Å²) in [6.07, 6.45) is 10.1. The maximum Gasteiger partial charge on any atom is 0.0110 e. The Hall–Kier alpha value is -0.0800. The van der Waals surface area contributed by atoms with Crippen molar-refractivity contribution in [1.29, 1.82) is 0 Å². The average Bonchev–Trinajstić information content (AvgIpc) is 3.10. The summed E-state index contributed by atoms with van der Waals surface area (Å²) in [6.45, 7) is 5.99. The molecule has 0 aromatic heterocycles. The first-order valence-electron chi connectivity index (χ1n) is 6.87. The highest BCUT2D eigenvalue weighted by atomic mass is 15.2. The van der Waals surface area contributed by atoms with Gasteiger partial charge in [0.2, 0.25) is 0 Å². The van der Waals surface area contributed by atoms with Crippen molar-refractivity contribution in [2.75, 3.05) is 19.6 Å². The summed E-state index contributed by atoms with van der Waals surface area (Å²) in [4.78, 5) is 2.63. The lowest BCUT2D eigenvalue weighted by molar-refractivity contribution is 0.264. The SMILES string of the molecule is CCN(CCNC1CCCCC1)C1CC1. The largest absolute Gasteiger partial charge is 0.313 e. The highest BCUT2D eigenvalue weighted by molar-refractivity contribution is 4.84. The lowest BCUT2D eigenvalue weighted by Crippen LogP contribution is -2.38. The van der Waals surface area contributed by atoms with Gasteiger partial charge in [0.25, 0.3) is 0 Å². The van der Waals surface area contributed by atoms with Crippen molar-refractivity contribution in [3.05, 3.63) is 0 Å². The van der Waals surface area contributed by atoms with E-state index >= 15 is 0 Å². The summed E-state index contributed by atoms with van der Waals surface area (Å²) in [7, 11) is 0. The van der Waals surface area contributed by atoms with Gasteiger partial charge in [0.1, 0.15) is 0 Å². The van der Waals surface area contributed by atoms with Gasteiger partial charge in [-0.25, -0.2) is 0 Å². The van der Waals surface area contributed by atoms with Crippen molar-refractivity contribution in [2.45, 2.75) is 64.0 Å². The van der Waals surface area contributed by atoms with Crippen LogP contribution in [0.25, 0.3) is 0 Å². The predicted molar refractivity (Wildman–Crippen MR) is 65.1 cm³/mol. The Labute approximate surface area is 94.4 Å². The third kappa shape index (κ3) is 3.76. The number of likely N-dealkylation sites (N-methyl/N-ethyl adjacent to an activating group) is 1. The first kappa shape index (κ1) is 11.4. The number of nitrogens with zero attached hydrogens (tertiary/aromatic N) is 1. The number of nitrogens with one attached hydrogen (secondary N) is 1. The monoisotopic (exact) mass is 210 g/mol. The van der Waals surface area contributed by atoms with Crippen molar-refractivity contribution in [2.24, 2.45) is 0 Å². The molecular formula is C13H26N2. The van der Waals surface area contributed by atoms with E-state index in [2.05, 4.69) is 17.1 Å². The van der Waals surface area contributed by atoms with Crippen LogP contribution >= 0.6 is 0 Å². The van der Waals surface area contributed by atoms with Crippen molar-refractivity contribution >= 4 is 0 Å². The van der Waals surface area contributed by atoms with Crippen LogP contribution in [0.2, 0.25) is 0 Å². The molecule has 0 radical (unpaired) electrons.